The summed E-state index contributed by atoms with van der Waals surface area (Å²) in [6.07, 6.45) is 7.00. The minimum absolute atomic E-state index is 0.524. The lowest BCUT2D eigenvalue weighted by molar-refractivity contribution is 0.202. The normalized spacial score (nSPS) is 23.3. The molecule has 2 rings (SSSR count). The second-order valence-corrected chi connectivity index (χ2v) is 5.40. The van der Waals surface area contributed by atoms with Gasteiger partial charge < -0.3 is 9.64 Å². The van der Waals surface area contributed by atoms with Crippen LogP contribution in [0.3, 0.4) is 0 Å². The third-order valence-corrected chi connectivity index (χ3v) is 3.70. The molecule has 2 atom stereocenters. The van der Waals surface area contributed by atoms with Crippen LogP contribution in [0.25, 0.3) is 0 Å². The van der Waals surface area contributed by atoms with Gasteiger partial charge >= 0.3 is 0 Å². The second kappa shape index (κ2) is 6.34. The molecule has 1 saturated carbocycles. The molecule has 5 heteroatoms. The van der Waals surface area contributed by atoms with Crippen LogP contribution in [0, 0.1) is 5.92 Å². The van der Waals surface area contributed by atoms with Gasteiger partial charge in [0.2, 0.25) is 5.95 Å². The highest BCUT2D eigenvalue weighted by molar-refractivity contribution is 6.30. The molecular weight excluding hydrogens is 250 g/mol. The summed E-state index contributed by atoms with van der Waals surface area (Å²) >= 11 is 5.84. The lowest BCUT2D eigenvalue weighted by Crippen LogP contribution is -2.37. The van der Waals surface area contributed by atoms with Crippen LogP contribution in [0.15, 0.2) is 12.4 Å². The van der Waals surface area contributed by atoms with Crippen LogP contribution in [0.2, 0.25) is 5.02 Å². The summed E-state index contributed by atoms with van der Waals surface area (Å²) in [5, 5.41) is 0.574. The number of ether oxygens (including phenoxy) is 1. The van der Waals surface area contributed by atoms with E-state index in [1.807, 2.05) is 0 Å². The molecule has 1 aliphatic carbocycles. The minimum Gasteiger partial charge on any atom is -0.383 e. The number of anilines is 1. The van der Waals surface area contributed by atoms with Crippen molar-refractivity contribution in [3.8, 4) is 0 Å². The van der Waals surface area contributed by atoms with Crippen molar-refractivity contribution in [3.05, 3.63) is 17.4 Å². The van der Waals surface area contributed by atoms with Gasteiger partial charge in [0.15, 0.2) is 0 Å². The van der Waals surface area contributed by atoms with E-state index in [0.29, 0.717) is 17.7 Å². The quantitative estimate of drug-likeness (QED) is 0.824. The first kappa shape index (κ1) is 13.6. The SMILES string of the molecule is COCCN(c1ncc(Cl)cn1)C1CCC(C)C1. The Morgan fingerprint density at radius 3 is 2.67 bits per heavy atom. The molecule has 100 valence electrons. The number of nitrogens with zero attached hydrogens (tertiary/aromatic N) is 3. The van der Waals surface area contributed by atoms with Gasteiger partial charge in [-0.15, -0.1) is 0 Å². The Morgan fingerprint density at radius 1 is 1.39 bits per heavy atom. The summed E-state index contributed by atoms with van der Waals surface area (Å²) in [5.74, 6) is 1.54. The summed E-state index contributed by atoms with van der Waals surface area (Å²) < 4.78 is 5.18. The topological polar surface area (TPSA) is 38.2 Å². The van der Waals surface area contributed by atoms with E-state index < -0.39 is 0 Å². The Morgan fingerprint density at radius 2 is 2.11 bits per heavy atom. The predicted molar refractivity (Wildman–Crippen MR) is 73.1 cm³/mol. The number of hydrogen-bond donors (Lipinski definition) is 0. The van der Waals surface area contributed by atoms with E-state index in [4.69, 9.17) is 16.3 Å². The van der Waals surface area contributed by atoms with Gasteiger partial charge in [-0.1, -0.05) is 18.5 Å². The van der Waals surface area contributed by atoms with Crippen LogP contribution in [-0.2, 0) is 4.74 Å². The number of aromatic nitrogens is 2. The van der Waals surface area contributed by atoms with E-state index in [9.17, 15) is 0 Å². The molecule has 0 aromatic carbocycles. The zero-order valence-electron chi connectivity index (χ0n) is 11.0. The van der Waals surface area contributed by atoms with E-state index in [1.54, 1.807) is 19.5 Å². The Labute approximate surface area is 113 Å². The molecule has 1 aliphatic rings. The van der Waals surface area contributed by atoms with Crippen LogP contribution < -0.4 is 4.90 Å². The summed E-state index contributed by atoms with van der Waals surface area (Å²) in [6.45, 7) is 3.82. The Hall–Kier alpha value is -0.870. The van der Waals surface area contributed by atoms with Crippen LogP contribution in [0.4, 0.5) is 5.95 Å². The first-order valence-electron chi connectivity index (χ1n) is 6.44. The van der Waals surface area contributed by atoms with Gasteiger partial charge in [0, 0.05) is 19.7 Å². The molecule has 4 nitrogen and oxygen atoms in total. The van der Waals surface area contributed by atoms with E-state index >= 15 is 0 Å². The molecule has 2 unspecified atom stereocenters. The monoisotopic (exact) mass is 269 g/mol. The van der Waals surface area contributed by atoms with Crippen molar-refractivity contribution in [2.75, 3.05) is 25.2 Å². The fourth-order valence-corrected chi connectivity index (χ4v) is 2.65. The molecule has 0 radical (unpaired) electrons. The lowest BCUT2D eigenvalue weighted by atomic mass is 10.1. The van der Waals surface area contributed by atoms with Gasteiger partial charge in [0.25, 0.3) is 0 Å². The highest BCUT2D eigenvalue weighted by Gasteiger charge is 2.28. The lowest BCUT2D eigenvalue weighted by Gasteiger charge is -2.28. The molecule has 0 saturated heterocycles. The van der Waals surface area contributed by atoms with E-state index in [-0.39, 0.29) is 0 Å². The average Bonchev–Trinajstić information content (AvgIpc) is 2.78. The second-order valence-electron chi connectivity index (χ2n) is 4.96. The smallest absolute Gasteiger partial charge is 0.225 e. The van der Waals surface area contributed by atoms with E-state index in [1.165, 1.54) is 19.3 Å². The number of hydrogen-bond acceptors (Lipinski definition) is 4. The van der Waals surface area contributed by atoms with Crippen molar-refractivity contribution in [2.45, 2.75) is 32.2 Å². The van der Waals surface area contributed by atoms with Crippen LogP contribution in [-0.4, -0.2) is 36.3 Å². The third-order valence-electron chi connectivity index (χ3n) is 3.51. The molecule has 0 spiro atoms. The molecule has 18 heavy (non-hydrogen) atoms. The predicted octanol–water partition coefficient (Wildman–Crippen LogP) is 2.77. The van der Waals surface area contributed by atoms with Crippen molar-refractivity contribution in [1.82, 2.24) is 9.97 Å². The highest BCUT2D eigenvalue weighted by atomic mass is 35.5. The Kier molecular flexibility index (Phi) is 4.78. The molecule has 0 amide bonds. The van der Waals surface area contributed by atoms with Crippen molar-refractivity contribution >= 4 is 17.5 Å². The van der Waals surface area contributed by atoms with Gasteiger partial charge in [0.1, 0.15) is 0 Å². The van der Waals surface area contributed by atoms with Crippen molar-refractivity contribution in [2.24, 2.45) is 5.92 Å². The van der Waals surface area contributed by atoms with Gasteiger partial charge in [-0.3, -0.25) is 0 Å². The van der Waals surface area contributed by atoms with Crippen LogP contribution in [0.5, 0.6) is 0 Å². The number of rotatable bonds is 5. The summed E-state index contributed by atoms with van der Waals surface area (Å²) in [5.41, 5.74) is 0. The molecular formula is C13H20ClN3O. The van der Waals surface area contributed by atoms with Gasteiger partial charge in [-0.25, -0.2) is 9.97 Å². The minimum atomic E-state index is 0.524. The summed E-state index contributed by atoms with van der Waals surface area (Å²) in [7, 11) is 1.72. The maximum Gasteiger partial charge on any atom is 0.225 e. The zero-order chi connectivity index (χ0) is 13.0. The summed E-state index contributed by atoms with van der Waals surface area (Å²) in [6, 6.07) is 0.524. The fourth-order valence-electron chi connectivity index (χ4n) is 2.55. The average molecular weight is 270 g/mol. The largest absolute Gasteiger partial charge is 0.383 e. The molecule has 1 heterocycles. The first-order valence-corrected chi connectivity index (χ1v) is 6.81. The van der Waals surface area contributed by atoms with E-state index in [2.05, 4.69) is 21.8 Å². The molecule has 0 aliphatic heterocycles. The Bertz CT molecular complexity index is 371. The maximum absolute atomic E-state index is 5.84. The molecule has 0 N–H and O–H groups in total. The van der Waals surface area contributed by atoms with Crippen LogP contribution in [0.1, 0.15) is 26.2 Å². The van der Waals surface area contributed by atoms with Crippen molar-refractivity contribution in [1.29, 1.82) is 0 Å². The zero-order valence-corrected chi connectivity index (χ0v) is 11.7. The third kappa shape index (κ3) is 3.33. The van der Waals surface area contributed by atoms with Gasteiger partial charge in [-0.05, 0) is 25.2 Å². The molecule has 1 aromatic rings. The Balaban J connectivity index is 2.11. The standard InChI is InChI=1S/C13H20ClN3O/c1-10-3-4-12(7-10)17(5-6-18-2)13-15-8-11(14)9-16-13/h8-10,12H,3-7H2,1-2H3. The molecule has 1 fully saturated rings. The van der Waals surface area contributed by atoms with Gasteiger partial charge in [-0.2, -0.15) is 0 Å². The first-order chi connectivity index (χ1) is 8.70. The highest BCUT2D eigenvalue weighted by Crippen LogP contribution is 2.30. The number of methoxy groups -OCH3 is 1. The molecule has 1 aromatic heterocycles. The van der Waals surface area contributed by atoms with E-state index in [0.717, 1.165) is 18.4 Å². The van der Waals surface area contributed by atoms with Gasteiger partial charge in [0.05, 0.1) is 24.0 Å². The van der Waals surface area contributed by atoms with Crippen molar-refractivity contribution in [3.63, 3.8) is 0 Å². The fraction of sp³-hybridized carbons (Fsp3) is 0.692. The molecule has 0 bridgehead atoms. The van der Waals surface area contributed by atoms with Crippen molar-refractivity contribution < 1.29 is 4.74 Å². The van der Waals surface area contributed by atoms with Crippen LogP contribution >= 0.6 is 11.6 Å². The maximum atomic E-state index is 5.84. The number of halogens is 1. The summed E-state index contributed by atoms with van der Waals surface area (Å²) in [4.78, 5) is 10.9.